The van der Waals surface area contributed by atoms with Gasteiger partial charge in [0.05, 0.1) is 5.69 Å². The van der Waals surface area contributed by atoms with E-state index < -0.39 is 4.32 Å². The molecule has 1 aliphatic heterocycles. The molecule has 1 aromatic rings. The van der Waals surface area contributed by atoms with Gasteiger partial charge in [-0.05, 0) is 37.5 Å². The van der Waals surface area contributed by atoms with Crippen LogP contribution < -0.4 is 5.32 Å². The molecule has 2 rings (SSSR count). The van der Waals surface area contributed by atoms with Gasteiger partial charge in [0.2, 0.25) is 5.91 Å². The Morgan fingerprint density at radius 1 is 1.26 bits per heavy atom. The minimum Gasteiger partial charge on any atom is -0.324 e. The first-order valence-corrected chi connectivity index (χ1v) is 7.36. The van der Waals surface area contributed by atoms with E-state index in [-0.39, 0.29) is 11.7 Å². The van der Waals surface area contributed by atoms with Gasteiger partial charge in [0.1, 0.15) is 0 Å². The van der Waals surface area contributed by atoms with Crippen LogP contribution in [0.5, 0.6) is 0 Å². The number of Topliss-reactive ketones (excluding diaryl/α,β-unsaturated/α-hetero) is 1. The Balaban J connectivity index is 2.50. The first-order valence-electron chi connectivity index (χ1n) is 6.56. The van der Waals surface area contributed by atoms with Gasteiger partial charge in [-0.15, -0.1) is 0 Å². The highest BCUT2D eigenvalue weighted by Gasteiger charge is 2.47. The smallest absolute Gasteiger partial charge is 0.249 e. The second kappa shape index (κ2) is 5.08. The van der Waals surface area contributed by atoms with Crippen LogP contribution in [0.3, 0.4) is 0 Å². The SMILES string of the molecule is CCCCC1(Br)C(=O)Nc2cc(C)cc(C)c2C1=O. The van der Waals surface area contributed by atoms with Crippen molar-refractivity contribution >= 4 is 33.3 Å². The summed E-state index contributed by atoms with van der Waals surface area (Å²) < 4.78 is -1.10. The second-order valence-corrected chi connectivity index (χ2v) is 6.55. The molecule has 1 amide bonds. The van der Waals surface area contributed by atoms with E-state index in [2.05, 4.69) is 21.2 Å². The molecule has 0 spiro atoms. The van der Waals surface area contributed by atoms with Crippen molar-refractivity contribution in [3.63, 3.8) is 0 Å². The molecule has 19 heavy (non-hydrogen) atoms. The van der Waals surface area contributed by atoms with Crippen molar-refractivity contribution in [1.29, 1.82) is 0 Å². The van der Waals surface area contributed by atoms with E-state index >= 15 is 0 Å². The van der Waals surface area contributed by atoms with E-state index in [1.54, 1.807) is 0 Å². The van der Waals surface area contributed by atoms with Gasteiger partial charge in [0.25, 0.3) is 0 Å². The zero-order chi connectivity index (χ0) is 14.2. The highest BCUT2D eigenvalue weighted by atomic mass is 79.9. The molecular formula is C15H18BrNO2. The maximum Gasteiger partial charge on any atom is 0.249 e. The van der Waals surface area contributed by atoms with E-state index in [4.69, 9.17) is 0 Å². The van der Waals surface area contributed by atoms with Gasteiger partial charge in [0, 0.05) is 5.56 Å². The maximum absolute atomic E-state index is 12.7. The number of anilines is 1. The van der Waals surface area contributed by atoms with Crippen LogP contribution in [0.15, 0.2) is 12.1 Å². The molecule has 0 radical (unpaired) electrons. The summed E-state index contributed by atoms with van der Waals surface area (Å²) >= 11 is 3.39. The Hall–Kier alpha value is -1.16. The average molecular weight is 324 g/mol. The molecule has 0 saturated carbocycles. The highest BCUT2D eigenvalue weighted by molar-refractivity contribution is 9.10. The molecule has 1 unspecified atom stereocenters. The van der Waals surface area contributed by atoms with Gasteiger partial charge in [-0.2, -0.15) is 0 Å². The third-order valence-electron chi connectivity index (χ3n) is 3.55. The van der Waals surface area contributed by atoms with Crippen LogP contribution in [0.2, 0.25) is 0 Å². The summed E-state index contributed by atoms with van der Waals surface area (Å²) in [7, 11) is 0. The number of rotatable bonds is 3. The van der Waals surface area contributed by atoms with Gasteiger partial charge in [0.15, 0.2) is 10.1 Å². The standard InChI is InChI=1S/C15H18BrNO2/c1-4-5-6-15(16)13(18)12-10(3)7-9(2)8-11(12)17-14(15)19/h7-8H,4-6H2,1-3H3,(H,17,19). The molecule has 0 fully saturated rings. The monoisotopic (exact) mass is 323 g/mol. The Kier molecular flexibility index (Phi) is 3.81. The predicted octanol–water partition coefficient (Wildman–Crippen LogP) is 3.76. The van der Waals surface area contributed by atoms with Gasteiger partial charge in [-0.25, -0.2) is 0 Å². The maximum atomic E-state index is 12.7. The summed E-state index contributed by atoms with van der Waals surface area (Å²) in [6, 6.07) is 3.83. The number of amides is 1. The third kappa shape index (κ3) is 2.34. The number of halogens is 1. The fourth-order valence-electron chi connectivity index (χ4n) is 2.54. The molecule has 1 atom stereocenters. The Morgan fingerprint density at radius 2 is 1.95 bits per heavy atom. The number of fused-ring (bicyclic) bond motifs is 1. The molecule has 0 aromatic heterocycles. The van der Waals surface area contributed by atoms with Crippen LogP contribution in [-0.4, -0.2) is 16.0 Å². The number of nitrogens with one attached hydrogen (secondary N) is 1. The van der Waals surface area contributed by atoms with Crippen molar-refractivity contribution in [2.24, 2.45) is 0 Å². The number of unbranched alkanes of at least 4 members (excludes halogenated alkanes) is 1. The largest absolute Gasteiger partial charge is 0.324 e. The lowest BCUT2D eigenvalue weighted by atomic mass is 9.85. The molecule has 1 N–H and O–H groups in total. The average Bonchev–Trinajstić information content (AvgIpc) is 2.33. The quantitative estimate of drug-likeness (QED) is 0.680. The van der Waals surface area contributed by atoms with Gasteiger partial charge < -0.3 is 5.32 Å². The molecule has 1 aromatic carbocycles. The zero-order valence-electron chi connectivity index (χ0n) is 11.5. The number of hydrogen-bond acceptors (Lipinski definition) is 2. The minimum absolute atomic E-state index is 0.114. The van der Waals surface area contributed by atoms with Crippen molar-refractivity contribution in [2.75, 3.05) is 5.32 Å². The van der Waals surface area contributed by atoms with Crippen LogP contribution in [-0.2, 0) is 4.79 Å². The molecule has 102 valence electrons. The molecular weight excluding hydrogens is 306 g/mol. The van der Waals surface area contributed by atoms with Gasteiger partial charge >= 0.3 is 0 Å². The fourth-order valence-corrected chi connectivity index (χ4v) is 3.12. The molecule has 0 saturated heterocycles. The summed E-state index contributed by atoms with van der Waals surface area (Å²) in [4.78, 5) is 24.9. The summed E-state index contributed by atoms with van der Waals surface area (Å²) in [6.07, 6.45) is 2.32. The summed E-state index contributed by atoms with van der Waals surface area (Å²) in [5.74, 6) is -0.361. The Labute approximate surface area is 121 Å². The Morgan fingerprint density at radius 3 is 2.58 bits per heavy atom. The van der Waals surface area contributed by atoms with Crippen LogP contribution in [0.1, 0.15) is 47.7 Å². The van der Waals surface area contributed by atoms with Crippen molar-refractivity contribution < 1.29 is 9.59 Å². The lowest BCUT2D eigenvalue weighted by Gasteiger charge is -2.31. The van der Waals surface area contributed by atoms with Gasteiger partial charge in [-0.3, -0.25) is 9.59 Å². The highest BCUT2D eigenvalue weighted by Crippen LogP contribution is 2.39. The van der Waals surface area contributed by atoms with Crippen molar-refractivity contribution in [2.45, 2.75) is 44.4 Å². The summed E-state index contributed by atoms with van der Waals surface area (Å²) in [5.41, 5.74) is 3.23. The summed E-state index contributed by atoms with van der Waals surface area (Å²) in [5, 5.41) is 2.86. The number of carbonyl (C=O) groups excluding carboxylic acids is 2. The van der Waals surface area contributed by atoms with Crippen LogP contribution in [0.25, 0.3) is 0 Å². The number of carbonyl (C=O) groups is 2. The predicted molar refractivity (Wildman–Crippen MR) is 80.1 cm³/mol. The zero-order valence-corrected chi connectivity index (χ0v) is 13.1. The van der Waals surface area contributed by atoms with E-state index in [1.165, 1.54) is 0 Å². The topological polar surface area (TPSA) is 46.2 Å². The molecule has 0 aliphatic carbocycles. The molecule has 4 heteroatoms. The molecule has 1 heterocycles. The van der Waals surface area contributed by atoms with Crippen LogP contribution >= 0.6 is 15.9 Å². The van der Waals surface area contributed by atoms with Crippen LogP contribution in [0, 0.1) is 13.8 Å². The number of aryl methyl sites for hydroxylation is 2. The van der Waals surface area contributed by atoms with Gasteiger partial charge in [-0.1, -0.05) is 41.8 Å². The Bertz CT molecular complexity index is 553. The van der Waals surface area contributed by atoms with E-state index in [0.717, 1.165) is 24.0 Å². The third-order valence-corrected chi connectivity index (χ3v) is 4.67. The first kappa shape index (κ1) is 14.3. The number of ketones is 1. The number of hydrogen-bond donors (Lipinski definition) is 1. The van der Waals surface area contributed by atoms with Crippen molar-refractivity contribution in [3.05, 3.63) is 28.8 Å². The number of benzene rings is 1. The first-order chi connectivity index (χ1) is 8.90. The lowest BCUT2D eigenvalue weighted by Crippen LogP contribution is -2.48. The molecule has 3 nitrogen and oxygen atoms in total. The van der Waals surface area contributed by atoms with Crippen molar-refractivity contribution in [1.82, 2.24) is 0 Å². The molecule has 1 aliphatic rings. The lowest BCUT2D eigenvalue weighted by molar-refractivity contribution is -0.117. The van der Waals surface area contributed by atoms with E-state index in [9.17, 15) is 9.59 Å². The second-order valence-electron chi connectivity index (χ2n) is 5.19. The summed E-state index contributed by atoms with van der Waals surface area (Å²) in [6.45, 7) is 5.91. The fraction of sp³-hybridized carbons (Fsp3) is 0.467. The van der Waals surface area contributed by atoms with Crippen molar-refractivity contribution in [3.8, 4) is 0 Å². The van der Waals surface area contributed by atoms with E-state index in [0.29, 0.717) is 17.7 Å². The number of alkyl halides is 1. The molecule has 0 bridgehead atoms. The minimum atomic E-state index is -1.10. The normalized spacial score (nSPS) is 22.1. The van der Waals surface area contributed by atoms with Crippen LogP contribution in [0.4, 0.5) is 5.69 Å². The van der Waals surface area contributed by atoms with E-state index in [1.807, 2.05) is 32.9 Å².